The molecule has 1 rings (SSSR count). The summed E-state index contributed by atoms with van der Waals surface area (Å²) in [6.45, 7) is -3.12. The molecule has 110 valence electrons. The number of ether oxygens (including phenoxy) is 3. The molecule has 1 fully saturated rings. The lowest BCUT2D eigenvalue weighted by atomic mass is 10.3. The van der Waals surface area contributed by atoms with Crippen LogP contribution in [-0.2, 0) is 14.2 Å². The number of hydrogen-bond donors (Lipinski definition) is 0. The van der Waals surface area contributed by atoms with Gasteiger partial charge in [-0.05, 0) is 0 Å². The van der Waals surface area contributed by atoms with Gasteiger partial charge in [-0.1, -0.05) is 0 Å². The molecule has 0 aromatic carbocycles. The van der Waals surface area contributed by atoms with Crippen LogP contribution in [0.1, 0.15) is 0 Å². The molecule has 1 unspecified atom stereocenters. The van der Waals surface area contributed by atoms with E-state index in [1.807, 2.05) is 0 Å². The number of halogens is 7. The molecule has 0 spiro atoms. The second-order valence-electron chi connectivity index (χ2n) is 3.31. The second kappa shape index (κ2) is 4.87. The van der Waals surface area contributed by atoms with E-state index in [1.165, 1.54) is 0 Å². The average Bonchev–Trinajstić information content (AvgIpc) is 2.55. The first-order valence-corrected chi connectivity index (χ1v) is 4.46. The van der Waals surface area contributed by atoms with E-state index in [2.05, 4.69) is 14.2 Å². The third kappa shape index (κ3) is 3.98. The summed E-state index contributed by atoms with van der Waals surface area (Å²) >= 11 is 0. The van der Waals surface area contributed by atoms with Gasteiger partial charge in [0.1, 0.15) is 12.4 Å². The van der Waals surface area contributed by atoms with E-state index >= 15 is 0 Å². The number of carbonyl (C=O) groups excluding carboxylic acids is 1. The van der Waals surface area contributed by atoms with Crippen molar-refractivity contribution in [3.8, 4) is 0 Å². The van der Waals surface area contributed by atoms with Crippen LogP contribution in [0.2, 0.25) is 0 Å². The van der Waals surface area contributed by atoms with Crippen molar-refractivity contribution < 1.29 is 49.7 Å². The zero-order valence-electron chi connectivity index (χ0n) is 8.77. The van der Waals surface area contributed by atoms with Crippen molar-refractivity contribution >= 4 is 6.16 Å². The summed E-state index contributed by atoms with van der Waals surface area (Å²) in [6, 6.07) is 0. The van der Waals surface area contributed by atoms with E-state index in [0.29, 0.717) is 0 Å². The van der Waals surface area contributed by atoms with Gasteiger partial charge < -0.3 is 14.2 Å². The molecule has 11 heteroatoms. The lowest BCUT2D eigenvalue weighted by molar-refractivity contribution is -0.348. The third-order valence-corrected chi connectivity index (χ3v) is 1.82. The Hall–Kier alpha value is -1.52. The average molecular weight is 298 g/mol. The van der Waals surface area contributed by atoms with Gasteiger partial charge in [-0.3, -0.25) is 0 Å². The van der Waals surface area contributed by atoms with Gasteiger partial charge in [0.25, 0.3) is 0 Å². The summed E-state index contributed by atoms with van der Waals surface area (Å²) in [4.78, 5) is 10.5. The molecule has 4 nitrogen and oxygen atoms in total. The van der Waals surface area contributed by atoms with Crippen LogP contribution < -0.4 is 0 Å². The highest BCUT2D eigenvalue weighted by Gasteiger charge is 2.65. The van der Waals surface area contributed by atoms with Crippen LogP contribution in [0, 0.1) is 0 Å². The quantitative estimate of drug-likeness (QED) is 0.593. The highest BCUT2D eigenvalue weighted by atomic mass is 19.4. The molecule has 1 aliphatic heterocycles. The zero-order valence-corrected chi connectivity index (χ0v) is 8.77. The smallest absolute Gasteiger partial charge is 0.427 e. The number of hydrogen-bond acceptors (Lipinski definition) is 4. The second-order valence-corrected chi connectivity index (χ2v) is 3.31. The zero-order chi connectivity index (χ0) is 14.9. The lowest BCUT2D eigenvalue weighted by Crippen LogP contribution is -2.50. The van der Waals surface area contributed by atoms with Crippen LogP contribution in [0.5, 0.6) is 0 Å². The van der Waals surface area contributed by atoms with Crippen molar-refractivity contribution in [2.45, 2.75) is 18.1 Å². The van der Waals surface area contributed by atoms with Gasteiger partial charge in [0.15, 0.2) is 6.61 Å². The van der Waals surface area contributed by atoms with Gasteiger partial charge in [-0.25, -0.2) is 9.18 Å². The molecule has 0 amide bonds. The molecule has 0 N–H and O–H groups in total. The minimum absolute atomic E-state index is 0.880. The molecule has 0 bridgehead atoms. The van der Waals surface area contributed by atoms with Crippen LogP contribution in [0.4, 0.5) is 35.5 Å². The van der Waals surface area contributed by atoms with E-state index in [-0.39, 0.29) is 0 Å². The fourth-order valence-electron chi connectivity index (χ4n) is 1.04. The van der Waals surface area contributed by atoms with Crippen molar-refractivity contribution in [2.75, 3.05) is 13.2 Å². The minimum Gasteiger partial charge on any atom is -0.427 e. The maximum Gasteiger partial charge on any atom is 0.511 e. The maximum absolute atomic E-state index is 12.7. The Morgan fingerprint density at radius 1 is 1.32 bits per heavy atom. The number of carbonyl (C=O) groups is 1. The summed E-state index contributed by atoms with van der Waals surface area (Å²) < 4.78 is 96.8. The van der Waals surface area contributed by atoms with Gasteiger partial charge in [0, 0.05) is 0 Å². The van der Waals surface area contributed by atoms with E-state index in [9.17, 15) is 35.5 Å². The van der Waals surface area contributed by atoms with Gasteiger partial charge >= 0.3 is 24.3 Å². The van der Waals surface area contributed by atoms with Crippen molar-refractivity contribution in [1.29, 1.82) is 0 Å². The standard InChI is InChI=1S/C8H5F7O4/c9-4(1-7(10,11)12)2-18-6(8(13,14)15)3-17-5(16)19-6/h1H,2-3H2. The first-order chi connectivity index (χ1) is 8.45. The third-order valence-electron chi connectivity index (χ3n) is 1.82. The molecule has 1 heterocycles. The molecule has 1 saturated heterocycles. The molecule has 1 aliphatic rings. The van der Waals surface area contributed by atoms with Gasteiger partial charge in [-0.15, -0.1) is 0 Å². The molecule has 0 aromatic heterocycles. The van der Waals surface area contributed by atoms with Crippen LogP contribution in [-0.4, -0.2) is 37.5 Å². The molecule has 1 atom stereocenters. The Balaban J connectivity index is 2.77. The highest BCUT2D eigenvalue weighted by molar-refractivity contribution is 5.62. The number of alkyl halides is 6. The molecular formula is C8H5F7O4. The number of cyclic esters (lactones) is 2. The predicted octanol–water partition coefficient (Wildman–Crippen LogP) is 2.84. The van der Waals surface area contributed by atoms with Crippen molar-refractivity contribution in [3.05, 3.63) is 11.9 Å². The molecular weight excluding hydrogens is 293 g/mol. The van der Waals surface area contributed by atoms with Gasteiger partial charge in [0.05, 0.1) is 6.08 Å². The fraction of sp³-hybridized carbons (Fsp3) is 0.625. The fourth-order valence-corrected chi connectivity index (χ4v) is 1.04. The summed E-state index contributed by atoms with van der Waals surface area (Å²) in [6.07, 6.45) is -13.0. The normalized spacial score (nSPS) is 25.2. The van der Waals surface area contributed by atoms with Crippen molar-refractivity contribution in [1.82, 2.24) is 0 Å². The Kier molecular flexibility index (Phi) is 3.98. The molecule has 19 heavy (non-hydrogen) atoms. The molecule has 0 radical (unpaired) electrons. The highest BCUT2D eigenvalue weighted by Crippen LogP contribution is 2.39. The van der Waals surface area contributed by atoms with Crippen LogP contribution in [0.25, 0.3) is 0 Å². The van der Waals surface area contributed by atoms with E-state index in [4.69, 9.17) is 0 Å². The minimum atomic E-state index is -5.29. The van der Waals surface area contributed by atoms with E-state index < -0.39 is 49.4 Å². The summed E-state index contributed by atoms with van der Waals surface area (Å²) in [7, 11) is 0. The van der Waals surface area contributed by atoms with Crippen LogP contribution >= 0.6 is 0 Å². The molecule has 0 saturated carbocycles. The largest absolute Gasteiger partial charge is 0.511 e. The van der Waals surface area contributed by atoms with Crippen molar-refractivity contribution in [2.24, 2.45) is 0 Å². The summed E-state index contributed by atoms with van der Waals surface area (Å²) in [5.74, 6) is -5.63. The SMILES string of the molecule is O=C1OCC(OCC(F)=CC(F)(F)F)(C(F)(F)F)O1. The van der Waals surface area contributed by atoms with Gasteiger partial charge in [-0.2, -0.15) is 26.3 Å². The summed E-state index contributed by atoms with van der Waals surface area (Å²) in [5, 5.41) is 0. The Morgan fingerprint density at radius 2 is 1.89 bits per heavy atom. The predicted molar refractivity (Wildman–Crippen MR) is 42.4 cm³/mol. The van der Waals surface area contributed by atoms with E-state index in [0.717, 1.165) is 0 Å². The first-order valence-electron chi connectivity index (χ1n) is 4.46. The molecule has 0 aromatic rings. The lowest BCUT2D eigenvalue weighted by Gasteiger charge is -2.26. The van der Waals surface area contributed by atoms with E-state index in [1.54, 1.807) is 0 Å². The van der Waals surface area contributed by atoms with Crippen molar-refractivity contribution in [3.63, 3.8) is 0 Å². The van der Waals surface area contributed by atoms with Gasteiger partial charge in [0.2, 0.25) is 0 Å². The van der Waals surface area contributed by atoms with Crippen LogP contribution in [0.3, 0.4) is 0 Å². The Morgan fingerprint density at radius 3 is 2.26 bits per heavy atom. The maximum atomic E-state index is 12.7. The number of rotatable bonds is 3. The monoisotopic (exact) mass is 298 g/mol. The van der Waals surface area contributed by atoms with Crippen LogP contribution in [0.15, 0.2) is 11.9 Å². The Labute approximate surface area is 100 Å². The number of allylic oxidation sites excluding steroid dienone is 1. The summed E-state index contributed by atoms with van der Waals surface area (Å²) in [5.41, 5.74) is 0. The first kappa shape index (κ1) is 15.5. The topological polar surface area (TPSA) is 44.8 Å². The Bertz CT molecular complexity index is 386. The molecule has 0 aliphatic carbocycles.